The molecule has 0 aromatic rings. The van der Waals surface area contributed by atoms with E-state index in [0.29, 0.717) is 25.7 Å². The molecule has 1 rings (SSSR count). The Labute approximate surface area is 173 Å². The largest absolute Gasteiger partial charge is 0.394 e. The predicted octanol–water partition coefficient (Wildman–Crippen LogP) is 0.386. The number of aliphatic hydroxyl groups excluding tert-OH is 5. The maximum Gasteiger partial charge on any atom is 0.187 e. The molecule has 0 spiro atoms. The van der Waals surface area contributed by atoms with Gasteiger partial charge in [-0.1, -0.05) is 17.7 Å². The molecule has 29 heavy (non-hydrogen) atoms. The average Bonchev–Trinajstić information content (AvgIpc) is 2.66. The molecule has 170 valence electrons. The van der Waals surface area contributed by atoms with Crippen LogP contribution in [0.2, 0.25) is 0 Å². The number of aliphatic hydroxyl groups is 6. The predicted molar refractivity (Wildman–Crippen MR) is 108 cm³/mol. The van der Waals surface area contributed by atoms with Crippen LogP contribution in [0.1, 0.15) is 53.4 Å². The van der Waals surface area contributed by atoms with Gasteiger partial charge in [0.05, 0.1) is 23.9 Å². The summed E-state index contributed by atoms with van der Waals surface area (Å²) >= 11 is 0. The summed E-state index contributed by atoms with van der Waals surface area (Å²) in [7, 11) is 0. The van der Waals surface area contributed by atoms with Crippen molar-refractivity contribution in [2.24, 2.45) is 0 Å². The van der Waals surface area contributed by atoms with Crippen molar-refractivity contribution < 1.29 is 40.1 Å². The maximum absolute atomic E-state index is 10.6. The molecule has 8 heteroatoms. The van der Waals surface area contributed by atoms with E-state index >= 15 is 0 Å². The lowest BCUT2D eigenvalue weighted by atomic mass is 9.93. The van der Waals surface area contributed by atoms with Crippen LogP contribution in [0, 0.1) is 0 Å². The summed E-state index contributed by atoms with van der Waals surface area (Å²) in [4.78, 5) is 0. The number of hydrogen-bond donors (Lipinski definition) is 6. The quantitative estimate of drug-likeness (QED) is 0.265. The third-order valence-electron chi connectivity index (χ3n) is 5.47. The zero-order valence-corrected chi connectivity index (χ0v) is 17.9. The van der Waals surface area contributed by atoms with Crippen molar-refractivity contribution in [3.8, 4) is 0 Å². The van der Waals surface area contributed by atoms with Crippen LogP contribution >= 0.6 is 0 Å². The van der Waals surface area contributed by atoms with Crippen LogP contribution < -0.4 is 0 Å². The van der Waals surface area contributed by atoms with E-state index in [9.17, 15) is 30.6 Å². The van der Waals surface area contributed by atoms with Crippen molar-refractivity contribution in [1.82, 2.24) is 0 Å². The van der Waals surface area contributed by atoms with Gasteiger partial charge >= 0.3 is 0 Å². The summed E-state index contributed by atoms with van der Waals surface area (Å²) in [5.74, 6) is 0. The smallest absolute Gasteiger partial charge is 0.187 e. The van der Waals surface area contributed by atoms with Crippen molar-refractivity contribution in [3.63, 3.8) is 0 Å². The molecule has 0 unspecified atom stereocenters. The van der Waals surface area contributed by atoms with Crippen LogP contribution in [0.4, 0.5) is 0 Å². The van der Waals surface area contributed by atoms with E-state index in [1.165, 1.54) is 6.08 Å². The Morgan fingerprint density at radius 3 is 2.34 bits per heavy atom. The van der Waals surface area contributed by atoms with Gasteiger partial charge in [0, 0.05) is 0 Å². The van der Waals surface area contributed by atoms with Crippen LogP contribution in [-0.4, -0.2) is 85.3 Å². The number of rotatable bonds is 11. The van der Waals surface area contributed by atoms with Crippen molar-refractivity contribution in [3.05, 3.63) is 24.3 Å². The third kappa shape index (κ3) is 7.73. The second kappa shape index (κ2) is 11.0. The molecule has 0 saturated carbocycles. The second-order valence-corrected chi connectivity index (χ2v) is 8.62. The molecule has 1 heterocycles. The van der Waals surface area contributed by atoms with Gasteiger partial charge in [-0.05, 0) is 53.4 Å². The minimum absolute atomic E-state index is 0.393. The molecule has 0 aliphatic carbocycles. The zero-order valence-electron chi connectivity index (χ0n) is 17.9. The lowest BCUT2D eigenvalue weighted by Gasteiger charge is -2.43. The summed E-state index contributed by atoms with van der Waals surface area (Å²) < 4.78 is 11.1. The maximum atomic E-state index is 10.6. The molecular formula is C21H38O8. The van der Waals surface area contributed by atoms with E-state index in [1.807, 2.05) is 13.0 Å². The van der Waals surface area contributed by atoms with Gasteiger partial charge in [0.15, 0.2) is 6.29 Å². The lowest BCUT2D eigenvalue weighted by molar-refractivity contribution is -0.331. The standard InChI is InChI=1S/C21H38O8/c1-6-21(5,27)11-7-8-13(2)9-10-15(23)20(3,4)29-19-18(26)17(25)16(24)14(12-22)28-19/h6,8,14-19,22-27H,1,7,9-12H2,2-5H3/b13-8+/t14-,15+,16-,17+,18-,19+,21+/m1/s1. The highest BCUT2D eigenvalue weighted by molar-refractivity contribution is 5.02. The van der Waals surface area contributed by atoms with Crippen LogP contribution in [-0.2, 0) is 9.47 Å². The Hall–Kier alpha value is -0.840. The molecule has 0 radical (unpaired) electrons. The fraction of sp³-hybridized carbons (Fsp3) is 0.810. The molecule has 8 nitrogen and oxygen atoms in total. The molecule has 1 aliphatic heterocycles. The van der Waals surface area contributed by atoms with Crippen LogP contribution in [0.15, 0.2) is 24.3 Å². The van der Waals surface area contributed by atoms with Crippen LogP contribution in [0.3, 0.4) is 0 Å². The highest BCUT2D eigenvalue weighted by atomic mass is 16.7. The Bertz CT molecular complexity index is 543. The first-order valence-electron chi connectivity index (χ1n) is 10.0. The molecule has 0 aromatic heterocycles. The Kier molecular flexibility index (Phi) is 9.91. The van der Waals surface area contributed by atoms with Crippen molar-refractivity contribution >= 4 is 0 Å². The van der Waals surface area contributed by atoms with E-state index in [1.54, 1.807) is 20.8 Å². The van der Waals surface area contributed by atoms with E-state index in [2.05, 4.69) is 6.58 Å². The van der Waals surface area contributed by atoms with E-state index in [4.69, 9.17) is 9.47 Å². The average molecular weight is 419 g/mol. The van der Waals surface area contributed by atoms with Crippen molar-refractivity contribution in [2.45, 2.75) is 101 Å². The third-order valence-corrected chi connectivity index (χ3v) is 5.47. The number of allylic oxidation sites excluding steroid dienone is 2. The molecule has 7 atom stereocenters. The van der Waals surface area contributed by atoms with Gasteiger partial charge in [0.25, 0.3) is 0 Å². The second-order valence-electron chi connectivity index (χ2n) is 8.62. The molecule has 0 bridgehead atoms. The van der Waals surface area contributed by atoms with Gasteiger partial charge < -0.3 is 40.1 Å². The van der Waals surface area contributed by atoms with Gasteiger partial charge in [-0.15, -0.1) is 6.58 Å². The topological polar surface area (TPSA) is 140 Å². The fourth-order valence-electron chi connectivity index (χ4n) is 3.07. The van der Waals surface area contributed by atoms with Gasteiger partial charge in [0.1, 0.15) is 24.4 Å². The van der Waals surface area contributed by atoms with Gasteiger partial charge in [-0.3, -0.25) is 0 Å². The molecule has 0 aromatic carbocycles. The summed E-state index contributed by atoms with van der Waals surface area (Å²) in [6.07, 6.45) is -1.99. The highest BCUT2D eigenvalue weighted by Gasteiger charge is 2.46. The highest BCUT2D eigenvalue weighted by Crippen LogP contribution is 2.29. The van der Waals surface area contributed by atoms with E-state index in [-0.39, 0.29) is 0 Å². The van der Waals surface area contributed by atoms with E-state index in [0.717, 1.165) is 5.57 Å². The summed E-state index contributed by atoms with van der Waals surface area (Å²) in [5.41, 5.74) is -0.953. The monoisotopic (exact) mass is 418 g/mol. The molecular weight excluding hydrogens is 380 g/mol. The zero-order chi connectivity index (χ0) is 22.4. The van der Waals surface area contributed by atoms with Crippen LogP contribution in [0.5, 0.6) is 0 Å². The summed E-state index contributed by atoms with van der Waals surface area (Å²) in [5, 5.41) is 59.6. The van der Waals surface area contributed by atoms with Gasteiger partial charge in [-0.2, -0.15) is 0 Å². The van der Waals surface area contributed by atoms with Crippen molar-refractivity contribution in [1.29, 1.82) is 0 Å². The molecule has 0 amide bonds. The van der Waals surface area contributed by atoms with E-state index < -0.39 is 54.6 Å². The minimum atomic E-state index is -1.53. The first-order chi connectivity index (χ1) is 13.3. The SMILES string of the molecule is C=C[C@](C)(O)CC/C=C(\C)CC[C@H](O)C(C)(C)O[C@@H]1O[C@H](CO)[C@@H](O)[C@H](O)[C@H]1O. The fourth-order valence-corrected chi connectivity index (χ4v) is 3.07. The first kappa shape index (κ1) is 26.2. The van der Waals surface area contributed by atoms with Gasteiger partial charge in [0.2, 0.25) is 0 Å². The Morgan fingerprint density at radius 2 is 1.79 bits per heavy atom. The minimum Gasteiger partial charge on any atom is -0.394 e. The van der Waals surface area contributed by atoms with Crippen LogP contribution in [0.25, 0.3) is 0 Å². The lowest BCUT2D eigenvalue weighted by Crippen LogP contribution is -2.61. The molecule has 1 aliphatic rings. The normalized spacial score (nSPS) is 31.9. The Balaban J connectivity index is 2.59. The van der Waals surface area contributed by atoms with Gasteiger partial charge in [-0.25, -0.2) is 0 Å². The number of ether oxygens (including phenoxy) is 2. The Morgan fingerprint density at radius 1 is 1.17 bits per heavy atom. The molecule has 1 saturated heterocycles. The molecule has 1 fully saturated rings. The summed E-state index contributed by atoms with van der Waals surface area (Å²) in [6, 6.07) is 0. The number of hydrogen-bond acceptors (Lipinski definition) is 8. The first-order valence-corrected chi connectivity index (χ1v) is 10.0. The van der Waals surface area contributed by atoms with Crippen molar-refractivity contribution in [2.75, 3.05) is 6.61 Å². The molecule has 6 N–H and O–H groups in total. The summed E-state index contributed by atoms with van der Waals surface area (Å²) in [6.45, 7) is 9.98.